The van der Waals surface area contributed by atoms with Gasteiger partial charge in [-0.2, -0.15) is 5.26 Å². The van der Waals surface area contributed by atoms with Crippen LogP contribution in [0, 0.1) is 17.1 Å². The molecule has 0 aliphatic carbocycles. The highest BCUT2D eigenvalue weighted by molar-refractivity contribution is 7.99. The van der Waals surface area contributed by atoms with Crippen LogP contribution < -0.4 is 11.1 Å². The molecule has 0 aliphatic rings. The van der Waals surface area contributed by atoms with Crippen molar-refractivity contribution in [1.29, 1.82) is 5.26 Å². The largest absolute Gasteiger partial charge is 0.398 e. The van der Waals surface area contributed by atoms with Crippen molar-refractivity contribution >= 4 is 39.7 Å². The summed E-state index contributed by atoms with van der Waals surface area (Å²) in [7, 11) is 0. The van der Waals surface area contributed by atoms with E-state index in [1.165, 1.54) is 35.2 Å². The van der Waals surface area contributed by atoms with E-state index in [-0.39, 0.29) is 18.1 Å². The number of nitriles is 1. The van der Waals surface area contributed by atoms with Gasteiger partial charge in [0.05, 0.1) is 5.56 Å². The van der Waals surface area contributed by atoms with E-state index in [2.05, 4.69) is 5.32 Å². The molecule has 0 saturated carbocycles. The fraction of sp³-hybridized carbons (Fsp3) is 0.143. The molecule has 0 radical (unpaired) electrons. The number of rotatable bonds is 5. The molecule has 1 heterocycles. The quantitative estimate of drug-likeness (QED) is 0.653. The number of thiophene rings is 1. The third kappa shape index (κ3) is 4.21. The molecule has 1 aromatic carbocycles. The minimum atomic E-state index is -0.378. The van der Waals surface area contributed by atoms with Crippen LogP contribution in [0.25, 0.3) is 0 Å². The number of anilines is 2. The topological polar surface area (TPSA) is 78.9 Å². The Morgan fingerprint density at radius 2 is 2.29 bits per heavy atom. The maximum atomic E-state index is 12.9. The smallest absolute Gasteiger partial charge is 0.225 e. The maximum Gasteiger partial charge on any atom is 0.225 e. The molecule has 2 rings (SSSR count). The second kappa shape index (κ2) is 7.11. The van der Waals surface area contributed by atoms with Crippen LogP contribution in [-0.2, 0) is 4.79 Å². The fourth-order valence-electron chi connectivity index (χ4n) is 1.59. The Kier molecular flexibility index (Phi) is 5.20. The summed E-state index contributed by atoms with van der Waals surface area (Å²) in [6, 6.07) is 7.87. The number of nitrogens with two attached hydrogens (primary N) is 1. The van der Waals surface area contributed by atoms with Crippen LogP contribution in [0.4, 0.5) is 15.1 Å². The molecule has 108 valence electrons. The average molecular weight is 321 g/mol. The number of nitrogens with zero attached hydrogens (tertiary/aromatic N) is 1. The first-order valence-corrected chi connectivity index (χ1v) is 7.92. The summed E-state index contributed by atoms with van der Waals surface area (Å²) in [6.07, 6.45) is 0.282. The van der Waals surface area contributed by atoms with Gasteiger partial charge in [0.2, 0.25) is 5.91 Å². The van der Waals surface area contributed by atoms with Crippen molar-refractivity contribution in [3.8, 4) is 6.07 Å². The molecular formula is C14H12FN3OS2. The Hall–Kier alpha value is -2.04. The Labute approximate surface area is 129 Å². The van der Waals surface area contributed by atoms with Crippen molar-refractivity contribution in [3.05, 3.63) is 41.0 Å². The predicted molar refractivity (Wildman–Crippen MR) is 83.8 cm³/mol. The maximum absolute atomic E-state index is 12.9. The summed E-state index contributed by atoms with van der Waals surface area (Å²) in [5.41, 5.74) is 6.52. The molecule has 21 heavy (non-hydrogen) atoms. The highest BCUT2D eigenvalue weighted by Gasteiger charge is 2.09. The lowest BCUT2D eigenvalue weighted by Gasteiger charge is -2.06. The zero-order valence-corrected chi connectivity index (χ0v) is 12.6. The van der Waals surface area contributed by atoms with E-state index >= 15 is 0 Å². The van der Waals surface area contributed by atoms with Gasteiger partial charge >= 0.3 is 0 Å². The van der Waals surface area contributed by atoms with Crippen LogP contribution in [0.1, 0.15) is 12.0 Å². The number of carbonyl (C=O) groups is 1. The average Bonchev–Trinajstić information content (AvgIpc) is 2.88. The molecule has 0 unspecified atom stereocenters. The Morgan fingerprint density at radius 1 is 1.48 bits per heavy atom. The summed E-state index contributed by atoms with van der Waals surface area (Å²) in [4.78, 5) is 12.5. The molecule has 0 atom stereocenters. The normalized spacial score (nSPS) is 10.1. The van der Waals surface area contributed by atoms with Gasteiger partial charge in [-0.05, 0) is 29.6 Å². The van der Waals surface area contributed by atoms with Gasteiger partial charge in [0, 0.05) is 22.8 Å². The molecule has 1 amide bonds. The summed E-state index contributed by atoms with van der Waals surface area (Å²) < 4.78 is 12.9. The molecule has 0 bridgehead atoms. The van der Waals surface area contributed by atoms with E-state index in [0.717, 1.165) is 4.90 Å². The van der Waals surface area contributed by atoms with E-state index in [0.29, 0.717) is 22.0 Å². The lowest BCUT2D eigenvalue weighted by molar-refractivity contribution is -0.115. The van der Waals surface area contributed by atoms with Crippen molar-refractivity contribution in [2.75, 3.05) is 16.8 Å². The number of hydrogen-bond acceptors (Lipinski definition) is 5. The van der Waals surface area contributed by atoms with Crippen molar-refractivity contribution in [1.82, 2.24) is 0 Å². The Bertz CT molecular complexity index is 694. The van der Waals surface area contributed by atoms with Crippen LogP contribution in [0.15, 0.2) is 34.5 Å². The standard InChI is InChI=1S/C14H12FN3OS2/c15-10-1-2-12(11(17)7-10)20-6-4-13(19)18-14-9(8-16)3-5-21-14/h1-3,5,7H,4,6,17H2,(H,18,19). The van der Waals surface area contributed by atoms with Gasteiger partial charge in [-0.15, -0.1) is 23.1 Å². The summed E-state index contributed by atoms with van der Waals surface area (Å²) in [6.45, 7) is 0. The van der Waals surface area contributed by atoms with Crippen LogP contribution in [0.2, 0.25) is 0 Å². The van der Waals surface area contributed by atoms with Crippen molar-refractivity contribution in [2.24, 2.45) is 0 Å². The van der Waals surface area contributed by atoms with E-state index in [1.807, 2.05) is 6.07 Å². The first-order valence-electron chi connectivity index (χ1n) is 6.05. The monoisotopic (exact) mass is 321 g/mol. The molecule has 1 aromatic heterocycles. The lowest BCUT2D eigenvalue weighted by atomic mass is 10.3. The number of nitrogens with one attached hydrogen (secondary N) is 1. The third-order valence-electron chi connectivity index (χ3n) is 2.60. The minimum Gasteiger partial charge on any atom is -0.398 e. The number of hydrogen-bond donors (Lipinski definition) is 2. The van der Waals surface area contributed by atoms with Gasteiger partial charge in [0.1, 0.15) is 16.9 Å². The third-order valence-corrected chi connectivity index (χ3v) is 4.52. The minimum absolute atomic E-state index is 0.165. The van der Waals surface area contributed by atoms with Crippen molar-refractivity contribution in [3.63, 3.8) is 0 Å². The summed E-state index contributed by atoms with van der Waals surface area (Å²) in [5, 5.41) is 13.9. The Morgan fingerprint density at radius 3 is 3.00 bits per heavy atom. The lowest BCUT2D eigenvalue weighted by Crippen LogP contribution is -2.11. The van der Waals surface area contributed by atoms with E-state index in [4.69, 9.17) is 11.0 Å². The first-order chi connectivity index (χ1) is 10.1. The molecule has 7 heteroatoms. The van der Waals surface area contributed by atoms with Gasteiger partial charge in [-0.25, -0.2) is 4.39 Å². The molecule has 3 N–H and O–H groups in total. The highest BCUT2D eigenvalue weighted by Crippen LogP contribution is 2.26. The zero-order valence-electron chi connectivity index (χ0n) is 10.9. The SMILES string of the molecule is N#Cc1ccsc1NC(=O)CCSc1ccc(F)cc1N. The number of nitrogen functional groups attached to an aromatic ring is 1. The molecule has 4 nitrogen and oxygen atoms in total. The van der Waals surface area contributed by atoms with Crippen LogP contribution >= 0.6 is 23.1 Å². The number of thioether (sulfide) groups is 1. The van der Waals surface area contributed by atoms with Crippen molar-refractivity contribution < 1.29 is 9.18 Å². The fourth-order valence-corrected chi connectivity index (χ4v) is 3.24. The van der Waals surface area contributed by atoms with Gasteiger partial charge < -0.3 is 11.1 Å². The van der Waals surface area contributed by atoms with E-state index in [9.17, 15) is 9.18 Å². The first kappa shape index (κ1) is 15.4. The molecular weight excluding hydrogens is 309 g/mol. The highest BCUT2D eigenvalue weighted by atomic mass is 32.2. The summed E-state index contributed by atoms with van der Waals surface area (Å²) >= 11 is 2.71. The van der Waals surface area contributed by atoms with Gasteiger partial charge in [0.15, 0.2) is 0 Å². The van der Waals surface area contributed by atoms with Crippen LogP contribution in [-0.4, -0.2) is 11.7 Å². The van der Waals surface area contributed by atoms with Gasteiger partial charge in [-0.3, -0.25) is 4.79 Å². The van der Waals surface area contributed by atoms with Crippen LogP contribution in [0.3, 0.4) is 0 Å². The van der Waals surface area contributed by atoms with E-state index < -0.39 is 0 Å². The number of amides is 1. The second-order valence-corrected chi connectivity index (χ2v) is 6.16. The van der Waals surface area contributed by atoms with Crippen LogP contribution in [0.5, 0.6) is 0 Å². The summed E-state index contributed by atoms with van der Waals surface area (Å²) in [5.74, 6) is -0.0204. The molecule has 2 aromatic rings. The number of halogens is 1. The number of benzene rings is 1. The molecule has 0 spiro atoms. The van der Waals surface area contributed by atoms with Gasteiger partial charge in [0.25, 0.3) is 0 Å². The number of carbonyl (C=O) groups excluding carboxylic acids is 1. The molecule has 0 saturated heterocycles. The zero-order chi connectivity index (χ0) is 15.2. The predicted octanol–water partition coefficient (Wildman–Crippen LogP) is 3.46. The molecule has 0 aliphatic heterocycles. The van der Waals surface area contributed by atoms with E-state index in [1.54, 1.807) is 17.5 Å². The molecule has 0 fully saturated rings. The van der Waals surface area contributed by atoms with Crippen molar-refractivity contribution in [2.45, 2.75) is 11.3 Å². The van der Waals surface area contributed by atoms with Gasteiger partial charge in [-0.1, -0.05) is 0 Å². The second-order valence-electron chi connectivity index (χ2n) is 4.10. The Balaban J connectivity index is 1.83.